The average Bonchev–Trinajstić information content (AvgIpc) is 3.09. The molecule has 0 fully saturated rings. The van der Waals surface area contributed by atoms with Crippen LogP contribution in [-0.2, 0) is 12.8 Å². The van der Waals surface area contributed by atoms with Crippen molar-refractivity contribution in [3.05, 3.63) is 69.6 Å². The van der Waals surface area contributed by atoms with Gasteiger partial charge in [0.05, 0.1) is 23.1 Å². The van der Waals surface area contributed by atoms with Gasteiger partial charge in [-0.2, -0.15) is 5.10 Å². The molecule has 0 radical (unpaired) electrons. The van der Waals surface area contributed by atoms with E-state index in [1.165, 1.54) is 11.3 Å². The Morgan fingerprint density at radius 1 is 1.31 bits per heavy atom. The summed E-state index contributed by atoms with van der Waals surface area (Å²) in [6.07, 6.45) is 4.51. The lowest BCUT2D eigenvalue weighted by atomic mass is 9.93. The number of aryl methyl sites for hydroxylation is 2. The summed E-state index contributed by atoms with van der Waals surface area (Å²) in [6, 6.07) is 11.9. The second kappa shape index (κ2) is 7.03. The van der Waals surface area contributed by atoms with Gasteiger partial charge in [-0.15, -0.1) is 0 Å². The van der Waals surface area contributed by atoms with Gasteiger partial charge in [-0.3, -0.25) is 14.9 Å². The average molecular weight is 411 g/mol. The maximum atomic E-state index is 12.7. The van der Waals surface area contributed by atoms with Crippen molar-refractivity contribution in [2.45, 2.75) is 32.2 Å². The van der Waals surface area contributed by atoms with Crippen LogP contribution in [0.3, 0.4) is 0 Å². The van der Waals surface area contributed by atoms with Crippen molar-refractivity contribution >= 4 is 21.8 Å². The van der Waals surface area contributed by atoms with Gasteiger partial charge in [0.25, 0.3) is 5.91 Å². The van der Waals surface area contributed by atoms with Gasteiger partial charge >= 0.3 is 0 Å². The normalized spacial score (nSPS) is 16.2. The Kier molecular flexibility index (Phi) is 4.59. The first-order valence-corrected chi connectivity index (χ1v) is 9.45. The number of aromatic amines is 1. The molecule has 1 unspecified atom stereocenters. The molecule has 5 nitrogen and oxygen atoms in total. The van der Waals surface area contributed by atoms with Crippen molar-refractivity contribution < 1.29 is 4.79 Å². The Balaban J connectivity index is 1.50. The molecule has 1 atom stereocenters. The van der Waals surface area contributed by atoms with Gasteiger partial charge in [0.2, 0.25) is 0 Å². The van der Waals surface area contributed by atoms with Crippen LogP contribution in [0.5, 0.6) is 0 Å². The van der Waals surface area contributed by atoms with Crippen LogP contribution in [0.4, 0.5) is 0 Å². The van der Waals surface area contributed by atoms with E-state index in [0.717, 1.165) is 40.7 Å². The van der Waals surface area contributed by atoms with Crippen LogP contribution in [-0.4, -0.2) is 27.1 Å². The molecule has 2 N–H and O–H groups in total. The summed E-state index contributed by atoms with van der Waals surface area (Å²) in [5.74, 6) is -0.0623. The van der Waals surface area contributed by atoms with Crippen molar-refractivity contribution in [1.29, 1.82) is 0 Å². The summed E-state index contributed by atoms with van der Waals surface area (Å²) in [5.41, 5.74) is 5.63. The minimum Gasteiger partial charge on any atom is -0.349 e. The number of amides is 1. The van der Waals surface area contributed by atoms with E-state index < -0.39 is 0 Å². The van der Waals surface area contributed by atoms with Crippen LogP contribution in [0.1, 0.15) is 33.7 Å². The van der Waals surface area contributed by atoms with Gasteiger partial charge in [0.1, 0.15) is 0 Å². The fourth-order valence-corrected chi connectivity index (χ4v) is 3.81. The lowest BCUT2D eigenvalue weighted by Gasteiger charge is -2.23. The molecular formula is C20H19BrN4O. The summed E-state index contributed by atoms with van der Waals surface area (Å²) >= 11 is 3.48. The molecule has 26 heavy (non-hydrogen) atoms. The SMILES string of the molecule is Cc1nc(-c2cccc(Br)c2)ccc1C(=O)NC1CCc2[nH]ncc2C1. The number of aromatic nitrogens is 3. The molecule has 0 saturated heterocycles. The van der Waals surface area contributed by atoms with Gasteiger partial charge in [-0.1, -0.05) is 28.1 Å². The maximum Gasteiger partial charge on any atom is 0.253 e. The number of benzene rings is 1. The number of hydrogen-bond acceptors (Lipinski definition) is 3. The van der Waals surface area contributed by atoms with Gasteiger partial charge in [0, 0.05) is 21.8 Å². The predicted octanol–water partition coefficient (Wildman–Crippen LogP) is 3.83. The van der Waals surface area contributed by atoms with Crippen LogP contribution in [0.25, 0.3) is 11.3 Å². The number of carbonyl (C=O) groups is 1. The second-order valence-electron chi connectivity index (χ2n) is 6.63. The van der Waals surface area contributed by atoms with E-state index in [-0.39, 0.29) is 11.9 Å². The molecular weight excluding hydrogens is 392 g/mol. The fourth-order valence-electron chi connectivity index (χ4n) is 3.41. The Morgan fingerprint density at radius 3 is 3.00 bits per heavy atom. The van der Waals surface area contributed by atoms with Crippen LogP contribution < -0.4 is 5.32 Å². The smallest absolute Gasteiger partial charge is 0.253 e. The summed E-state index contributed by atoms with van der Waals surface area (Å²) in [6.45, 7) is 1.88. The first-order chi connectivity index (χ1) is 12.6. The summed E-state index contributed by atoms with van der Waals surface area (Å²) in [4.78, 5) is 17.3. The van der Waals surface area contributed by atoms with Gasteiger partial charge in [0.15, 0.2) is 0 Å². The van der Waals surface area contributed by atoms with Crippen molar-refractivity contribution in [3.8, 4) is 11.3 Å². The summed E-state index contributed by atoms with van der Waals surface area (Å²) in [7, 11) is 0. The zero-order chi connectivity index (χ0) is 18.1. The number of pyridine rings is 1. The van der Waals surface area contributed by atoms with E-state index >= 15 is 0 Å². The van der Waals surface area contributed by atoms with Crippen LogP contribution >= 0.6 is 15.9 Å². The molecule has 1 aromatic carbocycles. The van der Waals surface area contributed by atoms with Crippen LogP contribution in [0.15, 0.2) is 47.1 Å². The largest absolute Gasteiger partial charge is 0.349 e. The summed E-state index contributed by atoms with van der Waals surface area (Å²) in [5, 5.41) is 10.3. The van der Waals surface area contributed by atoms with E-state index in [2.05, 4.69) is 36.4 Å². The first kappa shape index (κ1) is 17.0. The molecule has 1 amide bonds. The predicted molar refractivity (Wildman–Crippen MR) is 104 cm³/mol. The summed E-state index contributed by atoms with van der Waals surface area (Å²) < 4.78 is 1.01. The standard InChI is InChI=1S/C20H19BrN4O/c1-12-17(6-8-18(23-12)13-3-2-4-15(21)9-13)20(26)24-16-5-7-19-14(10-16)11-22-25-19/h2-4,6,8-9,11,16H,5,7,10H2,1H3,(H,22,25)(H,24,26). The lowest BCUT2D eigenvalue weighted by Crippen LogP contribution is -2.39. The zero-order valence-corrected chi connectivity index (χ0v) is 16.0. The van der Waals surface area contributed by atoms with Gasteiger partial charge in [-0.05, 0) is 56.0 Å². The third-order valence-electron chi connectivity index (χ3n) is 4.80. The lowest BCUT2D eigenvalue weighted by molar-refractivity contribution is 0.0932. The molecule has 0 bridgehead atoms. The monoisotopic (exact) mass is 410 g/mol. The second-order valence-corrected chi connectivity index (χ2v) is 7.54. The topological polar surface area (TPSA) is 70.7 Å². The number of H-pyrrole nitrogens is 1. The van der Waals surface area contributed by atoms with Gasteiger partial charge in [-0.25, -0.2) is 0 Å². The molecule has 1 aliphatic rings. The third kappa shape index (κ3) is 3.42. The van der Waals surface area contributed by atoms with Crippen molar-refractivity contribution in [1.82, 2.24) is 20.5 Å². The minimum atomic E-state index is -0.0623. The Morgan fingerprint density at radius 2 is 2.19 bits per heavy atom. The molecule has 2 heterocycles. The first-order valence-electron chi connectivity index (χ1n) is 8.66. The number of fused-ring (bicyclic) bond motifs is 1. The fraction of sp³-hybridized carbons (Fsp3) is 0.250. The van der Waals surface area contributed by atoms with E-state index in [9.17, 15) is 4.79 Å². The zero-order valence-electron chi connectivity index (χ0n) is 14.4. The van der Waals surface area contributed by atoms with E-state index in [0.29, 0.717) is 5.56 Å². The molecule has 0 saturated carbocycles. The molecule has 4 rings (SSSR count). The number of nitrogens with zero attached hydrogens (tertiary/aromatic N) is 2. The van der Waals surface area contributed by atoms with E-state index in [4.69, 9.17) is 0 Å². The van der Waals surface area contributed by atoms with Crippen LogP contribution in [0, 0.1) is 6.92 Å². The Bertz CT molecular complexity index is 966. The minimum absolute atomic E-state index is 0.0623. The number of carbonyl (C=O) groups excluding carboxylic acids is 1. The quantitative estimate of drug-likeness (QED) is 0.688. The highest BCUT2D eigenvalue weighted by molar-refractivity contribution is 9.10. The van der Waals surface area contributed by atoms with E-state index in [1.54, 1.807) is 0 Å². The maximum absolute atomic E-state index is 12.7. The molecule has 132 valence electrons. The highest BCUT2D eigenvalue weighted by atomic mass is 79.9. The van der Waals surface area contributed by atoms with Crippen molar-refractivity contribution in [2.24, 2.45) is 0 Å². The van der Waals surface area contributed by atoms with Crippen LogP contribution in [0.2, 0.25) is 0 Å². The molecule has 1 aliphatic carbocycles. The molecule has 0 aliphatic heterocycles. The molecule has 6 heteroatoms. The van der Waals surface area contributed by atoms with Gasteiger partial charge < -0.3 is 5.32 Å². The highest BCUT2D eigenvalue weighted by Crippen LogP contribution is 2.23. The molecule has 2 aromatic heterocycles. The van der Waals surface area contributed by atoms with Crippen molar-refractivity contribution in [2.75, 3.05) is 0 Å². The molecule has 3 aromatic rings. The highest BCUT2D eigenvalue weighted by Gasteiger charge is 2.22. The number of halogens is 1. The Labute approximate surface area is 160 Å². The van der Waals surface area contributed by atoms with E-state index in [1.807, 2.05) is 49.5 Å². The number of nitrogens with one attached hydrogen (secondary N) is 2. The van der Waals surface area contributed by atoms with Crippen molar-refractivity contribution in [3.63, 3.8) is 0 Å². The Hall–Kier alpha value is -2.47. The molecule has 0 spiro atoms. The number of rotatable bonds is 3. The third-order valence-corrected chi connectivity index (χ3v) is 5.30. The number of hydrogen-bond donors (Lipinski definition) is 2.